The maximum Gasteiger partial charge on any atom is 0.250 e. The number of nitrogens with one attached hydrogen (secondary N) is 1. The standard InChI is InChI=1S/C28H29ClN4O5S/c29-22-8-6-20-13-23(9-7-19(20)12-22)39(37,38)30-24-3-2-10-31(28(24)36)17-27(35)32-14-18-11-21(16-32)25-4-1-5-26(34)33(25)15-18/h1,4-9,12-13,18,21,24,30H,2-3,10-11,14-17H2/t18-,21?,24+/m1/s1. The molecule has 39 heavy (non-hydrogen) atoms. The molecule has 3 aliphatic rings. The lowest BCUT2D eigenvalue weighted by molar-refractivity contribution is -0.144. The molecule has 2 saturated heterocycles. The first-order valence-corrected chi connectivity index (χ1v) is 15.0. The summed E-state index contributed by atoms with van der Waals surface area (Å²) in [6.45, 7) is 1.95. The van der Waals surface area contributed by atoms with Gasteiger partial charge in [0.15, 0.2) is 0 Å². The third-order valence-corrected chi connectivity index (χ3v) is 9.78. The highest BCUT2D eigenvalue weighted by atomic mass is 35.5. The second kappa shape index (κ2) is 10.1. The van der Waals surface area contributed by atoms with Gasteiger partial charge >= 0.3 is 0 Å². The molecule has 0 radical (unpaired) electrons. The fourth-order valence-corrected chi connectivity index (χ4v) is 7.63. The Bertz CT molecular complexity index is 1640. The number of piperidine rings is 2. The predicted molar refractivity (Wildman–Crippen MR) is 147 cm³/mol. The summed E-state index contributed by atoms with van der Waals surface area (Å²) in [6.07, 6.45) is 1.89. The van der Waals surface area contributed by atoms with Crippen LogP contribution in [-0.4, -0.2) is 66.8 Å². The molecule has 4 heterocycles. The number of sulfonamides is 1. The number of fused-ring (bicyclic) bond motifs is 5. The third-order valence-electron chi connectivity index (χ3n) is 8.07. The van der Waals surface area contributed by atoms with Crippen LogP contribution in [0.1, 0.15) is 30.9 Å². The van der Waals surface area contributed by atoms with E-state index in [0.29, 0.717) is 44.0 Å². The summed E-state index contributed by atoms with van der Waals surface area (Å²) in [7, 11) is -3.96. The molecule has 204 valence electrons. The lowest BCUT2D eigenvalue weighted by atomic mass is 9.83. The Balaban J connectivity index is 1.13. The van der Waals surface area contributed by atoms with Gasteiger partial charge in [-0.15, -0.1) is 0 Å². The number of carbonyl (C=O) groups excluding carboxylic acids is 2. The van der Waals surface area contributed by atoms with Crippen molar-refractivity contribution in [2.24, 2.45) is 5.92 Å². The molecule has 2 bridgehead atoms. The smallest absolute Gasteiger partial charge is 0.250 e. The second-order valence-corrected chi connectivity index (χ2v) is 12.9. The maximum atomic E-state index is 13.3. The van der Waals surface area contributed by atoms with Crippen LogP contribution in [0.15, 0.2) is 64.3 Å². The van der Waals surface area contributed by atoms with Crippen LogP contribution in [0.25, 0.3) is 10.8 Å². The normalized spacial score (nSPS) is 23.1. The first kappa shape index (κ1) is 26.0. The molecule has 3 aromatic rings. The van der Waals surface area contributed by atoms with Crippen LogP contribution >= 0.6 is 11.6 Å². The average Bonchev–Trinajstić information content (AvgIpc) is 2.91. The Morgan fingerprint density at radius 2 is 1.79 bits per heavy atom. The molecule has 2 aromatic carbocycles. The molecule has 9 nitrogen and oxygen atoms in total. The number of rotatable bonds is 5. The van der Waals surface area contributed by atoms with E-state index in [1.165, 1.54) is 11.0 Å². The van der Waals surface area contributed by atoms with E-state index in [1.807, 2.05) is 10.6 Å². The molecular formula is C28H29ClN4O5S. The Morgan fingerprint density at radius 1 is 1.00 bits per heavy atom. The van der Waals surface area contributed by atoms with Crippen molar-refractivity contribution in [3.05, 3.63) is 75.7 Å². The molecule has 1 aromatic heterocycles. The minimum absolute atomic E-state index is 0.0116. The van der Waals surface area contributed by atoms with Crippen LogP contribution < -0.4 is 10.3 Å². The fraction of sp³-hybridized carbons (Fsp3) is 0.393. The van der Waals surface area contributed by atoms with Crippen LogP contribution in [-0.2, 0) is 26.2 Å². The van der Waals surface area contributed by atoms with Gasteiger partial charge in [0.05, 0.1) is 11.4 Å². The Labute approximate surface area is 231 Å². The van der Waals surface area contributed by atoms with Crippen molar-refractivity contribution in [1.82, 2.24) is 19.1 Å². The number of pyridine rings is 1. The van der Waals surface area contributed by atoms with Crippen molar-refractivity contribution in [3.63, 3.8) is 0 Å². The summed E-state index contributed by atoms with van der Waals surface area (Å²) < 4.78 is 30.7. The van der Waals surface area contributed by atoms with E-state index in [2.05, 4.69) is 4.72 Å². The van der Waals surface area contributed by atoms with E-state index < -0.39 is 16.1 Å². The Morgan fingerprint density at radius 3 is 2.64 bits per heavy atom. The van der Waals surface area contributed by atoms with Crippen LogP contribution in [0.4, 0.5) is 0 Å². The van der Waals surface area contributed by atoms with Gasteiger partial charge in [-0.05, 0) is 66.3 Å². The molecule has 3 atom stereocenters. The summed E-state index contributed by atoms with van der Waals surface area (Å²) in [5, 5.41) is 2.10. The van der Waals surface area contributed by atoms with E-state index >= 15 is 0 Å². The van der Waals surface area contributed by atoms with Gasteiger partial charge in [0.1, 0.15) is 6.04 Å². The van der Waals surface area contributed by atoms with Crippen LogP contribution in [0, 0.1) is 5.92 Å². The lowest BCUT2D eigenvalue weighted by Crippen LogP contribution is -2.56. The summed E-state index contributed by atoms with van der Waals surface area (Å²) >= 11 is 6.03. The van der Waals surface area contributed by atoms with Gasteiger partial charge in [-0.3, -0.25) is 14.4 Å². The van der Waals surface area contributed by atoms with E-state index in [0.717, 1.165) is 22.9 Å². The molecule has 11 heteroatoms. The van der Waals surface area contributed by atoms with Crippen LogP contribution in [0.3, 0.4) is 0 Å². The van der Waals surface area contributed by atoms with Crippen molar-refractivity contribution < 1.29 is 18.0 Å². The topological polar surface area (TPSA) is 109 Å². The third kappa shape index (κ3) is 5.08. The minimum Gasteiger partial charge on any atom is -0.340 e. The Kier molecular flexibility index (Phi) is 6.73. The van der Waals surface area contributed by atoms with Gasteiger partial charge in [-0.2, -0.15) is 4.72 Å². The zero-order valence-corrected chi connectivity index (χ0v) is 22.8. The largest absolute Gasteiger partial charge is 0.340 e. The zero-order valence-electron chi connectivity index (χ0n) is 21.3. The summed E-state index contributed by atoms with van der Waals surface area (Å²) in [4.78, 5) is 42.2. The van der Waals surface area contributed by atoms with Gasteiger partial charge in [0, 0.05) is 48.9 Å². The summed E-state index contributed by atoms with van der Waals surface area (Å²) in [5.74, 6) is -0.263. The highest BCUT2D eigenvalue weighted by Gasteiger charge is 2.38. The molecule has 0 saturated carbocycles. The quantitative estimate of drug-likeness (QED) is 0.509. The number of amides is 2. The van der Waals surface area contributed by atoms with Crippen LogP contribution in [0.2, 0.25) is 5.02 Å². The number of halogens is 1. The molecule has 3 aliphatic heterocycles. The molecular weight excluding hydrogens is 540 g/mol. The van der Waals surface area contributed by atoms with E-state index in [9.17, 15) is 22.8 Å². The number of benzene rings is 2. The summed E-state index contributed by atoms with van der Waals surface area (Å²) in [6, 6.07) is 14.3. The molecule has 6 rings (SSSR count). The van der Waals surface area contributed by atoms with Crippen molar-refractivity contribution in [1.29, 1.82) is 0 Å². The number of aromatic nitrogens is 1. The molecule has 1 N–H and O–H groups in total. The maximum absolute atomic E-state index is 13.3. The SMILES string of the molecule is O=C(CN1CCC[C@H](NS(=O)(=O)c2ccc3cc(Cl)ccc3c2)C1=O)N1CC2C[C@H](C1)Cn1c2cccc1=O. The monoisotopic (exact) mass is 568 g/mol. The van der Waals surface area contributed by atoms with Crippen molar-refractivity contribution in [2.45, 2.75) is 42.7 Å². The number of hydrogen-bond acceptors (Lipinski definition) is 5. The lowest BCUT2D eigenvalue weighted by Gasteiger charge is -2.43. The van der Waals surface area contributed by atoms with Gasteiger partial charge < -0.3 is 14.4 Å². The van der Waals surface area contributed by atoms with Gasteiger partial charge in [0.2, 0.25) is 21.8 Å². The van der Waals surface area contributed by atoms with E-state index in [1.54, 1.807) is 47.4 Å². The highest BCUT2D eigenvalue weighted by Crippen LogP contribution is 2.35. The molecule has 2 fully saturated rings. The highest BCUT2D eigenvalue weighted by molar-refractivity contribution is 7.89. The van der Waals surface area contributed by atoms with Gasteiger partial charge in [-0.1, -0.05) is 29.8 Å². The van der Waals surface area contributed by atoms with Gasteiger partial charge in [-0.25, -0.2) is 8.42 Å². The number of nitrogens with zero attached hydrogens (tertiary/aromatic N) is 3. The van der Waals surface area contributed by atoms with Crippen molar-refractivity contribution >= 4 is 44.2 Å². The minimum atomic E-state index is -3.96. The van der Waals surface area contributed by atoms with Crippen molar-refractivity contribution in [2.75, 3.05) is 26.2 Å². The molecule has 0 aliphatic carbocycles. The fourth-order valence-electron chi connectivity index (χ4n) is 6.19. The summed E-state index contributed by atoms with van der Waals surface area (Å²) in [5.41, 5.74) is 0.944. The predicted octanol–water partition coefficient (Wildman–Crippen LogP) is 2.57. The molecule has 1 unspecified atom stereocenters. The van der Waals surface area contributed by atoms with Crippen LogP contribution in [0.5, 0.6) is 0 Å². The molecule has 2 amide bonds. The number of carbonyl (C=O) groups is 2. The first-order valence-electron chi connectivity index (χ1n) is 13.2. The van der Waals surface area contributed by atoms with E-state index in [-0.39, 0.29) is 40.6 Å². The van der Waals surface area contributed by atoms with E-state index in [4.69, 9.17) is 11.6 Å². The van der Waals surface area contributed by atoms with Crippen molar-refractivity contribution in [3.8, 4) is 0 Å². The number of likely N-dealkylation sites (tertiary alicyclic amines) is 2. The molecule has 0 spiro atoms. The van der Waals surface area contributed by atoms with Gasteiger partial charge in [0.25, 0.3) is 5.56 Å². The second-order valence-electron chi connectivity index (χ2n) is 10.7. The Hall–Kier alpha value is -3.21. The first-order chi connectivity index (χ1) is 18.7. The zero-order chi connectivity index (χ0) is 27.3. The average molecular weight is 569 g/mol. The number of hydrogen-bond donors (Lipinski definition) is 1.